The van der Waals surface area contributed by atoms with E-state index in [4.69, 9.17) is 6.42 Å². The Hall–Kier alpha value is -3.07. The van der Waals surface area contributed by atoms with Crippen LogP contribution < -0.4 is 4.90 Å². The van der Waals surface area contributed by atoms with Crippen molar-refractivity contribution in [2.45, 2.75) is 9.79 Å². The molecule has 0 aromatic heterocycles. The zero-order valence-corrected chi connectivity index (χ0v) is 13.7. The van der Waals surface area contributed by atoms with Crippen molar-refractivity contribution >= 4 is 23.1 Å². The maximum Gasteiger partial charge on any atom is 0.0685 e. The number of anilines is 2. The lowest BCUT2D eigenvalue weighted by Crippen LogP contribution is -2.14. The topological polar surface area (TPSA) is 3.24 Å². The van der Waals surface area contributed by atoms with Gasteiger partial charge in [0.25, 0.3) is 0 Å². The molecule has 0 amide bonds. The predicted octanol–water partition coefficient (Wildman–Crippen LogP) is 5.28. The Morgan fingerprint density at radius 2 is 1.25 bits per heavy atom. The SMILES string of the molecule is C#Cc1ccc(C#CN2c3ccccc3Sc3ccccc32)cc1. The van der Waals surface area contributed by atoms with Crippen molar-refractivity contribution in [3.8, 4) is 24.3 Å². The average molecular weight is 323 g/mol. The molecule has 0 N–H and O–H groups in total. The van der Waals surface area contributed by atoms with Crippen molar-refractivity contribution in [2.75, 3.05) is 4.90 Å². The van der Waals surface area contributed by atoms with Crippen molar-refractivity contribution in [3.05, 3.63) is 83.9 Å². The van der Waals surface area contributed by atoms with Crippen molar-refractivity contribution in [2.24, 2.45) is 0 Å². The molecule has 3 aromatic carbocycles. The summed E-state index contributed by atoms with van der Waals surface area (Å²) in [6, 6.07) is 27.7. The summed E-state index contributed by atoms with van der Waals surface area (Å²) >= 11 is 1.78. The molecular formula is C22H13NS. The van der Waals surface area contributed by atoms with Crippen LogP contribution in [0, 0.1) is 24.3 Å². The van der Waals surface area contributed by atoms with Gasteiger partial charge in [-0.1, -0.05) is 41.9 Å². The summed E-state index contributed by atoms with van der Waals surface area (Å²) < 4.78 is 0. The third-order valence-corrected chi connectivity index (χ3v) is 4.93. The van der Waals surface area contributed by atoms with Crippen molar-refractivity contribution in [3.63, 3.8) is 0 Å². The van der Waals surface area contributed by atoms with Crippen molar-refractivity contribution in [1.29, 1.82) is 0 Å². The lowest BCUT2D eigenvalue weighted by molar-refractivity contribution is 1.19. The number of nitrogens with zero attached hydrogens (tertiary/aromatic N) is 1. The molecule has 3 aromatic rings. The first kappa shape index (κ1) is 14.5. The van der Waals surface area contributed by atoms with Gasteiger partial charge in [-0.3, -0.25) is 4.90 Å². The molecule has 0 spiro atoms. The third-order valence-electron chi connectivity index (χ3n) is 3.80. The second-order valence-corrected chi connectivity index (χ2v) is 6.42. The van der Waals surface area contributed by atoms with E-state index in [2.05, 4.69) is 59.2 Å². The molecule has 0 saturated carbocycles. The van der Waals surface area contributed by atoms with Gasteiger partial charge in [0.1, 0.15) is 0 Å². The molecule has 24 heavy (non-hydrogen) atoms. The first-order valence-corrected chi connectivity index (χ1v) is 8.41. The highest BCUT2D eigenvalue weighted by atomic mass is 32.2. The van der Waals surface area contributed by atoms with Gasteiger partial charge in [0.2, 0.25) is 0 Å². The molecule has 1 heterocycles. The maximum atomic E-state index is 5.40. The second-order valence-electron chi connectivity index (χ2n) is 5.33. The van der Waals surface area contributed by atoms with Crippen molar-refractivity contribution < 1.29 is 0 Å². The second kappa shape index (κ2) is 6.20. The fourth-order valence-corrected chi connectivity index (χ4v) is 3.65. The molecule has 4 rings (SSSR count). The van der Waals surface area contributed by atoms with E-state index >= 15 is 0 Å². The summed E-state index contributed by atoms with van der Waals surface area (Å²) in [5.74, 6) is 5.87. The third kappa shape index (κ3) is 2.65. The minimum Gasteiger partial charge on any atom is -0.267 e. The van der Waals surface area contributed by atoms with E-state index in [1.165, 1.54) is 9.79 Å². The molecule has 0 aliphatic carbocycles. The number of benzene rings is 3. The van der Waals surface area contributed by atoms with Gasteiger partial charge in [-0.2, -0.15) is 0 Å². The summed E-state index contributed by atoms with van der Waals surface area (Å²) in [6.07, 6.45) is 5.40. The van der Waals surface area contributed by atoms with E-state index in [-0.39, 0.29) is 0 Å². The van der Waals surface area contributed by atoms with Gasteiger partial charge >= 0.3 is 0 Å². The van der Waals surface area contributed by atoms with Crippen LogP contribution in [0.15, 0.2) is 82.6 Å². The average Bonchev–Trinajstić information content (AvgIpc) is 2.65. The smallest absolute Gasteiger partial charge is 0.0685 e. The highest BCUT2D eigenvalue weighted by Gasteiger charge is 2.21. The van der Waals surface area contributed by atoms with Gasteiger partial charge in [0.15, 0.2) is 0 Å². The van der Waals surface area contributed by atoms with E-state index in [9.17, 15) is 0 Å². The van der Waals surface area contributed by atoms with E-state index in [1.54, 1.807) is 11.8 Å². The molecular weight excluding hydrogens is 310 g/mol. The van der Waals surface area contributed by atoms with Gasteiger partial charge in [-0.05, 0) is 54.5 Å². The molecule has 112 valence electrons. The largest absolute Gasteiger partial charge is 0.267 e. The van der Waals surface area contributed by atoms with Crippen LogP contribution in [0.1, 0.15) is 11.1 Å². The van der Waals surface area contributed by atoms with E-state index in [0.717, 1.165) is 22.5 Å². The molecule has 1 aliphatic heterocycles. The zero-order chi connectivity index (χ0) is 16.4. The number of rotatable bonds is 0. The summed E-state index contributed by atoms with van der Waals surface area (Å²) in [4.78, 5) is 4.50. The zero-order valence-electron chi connectivity index (χ0n) is 12.9. The highest BCUT2D eigenvalue weighted by Crippen LogP contribution is 2.47. The summed E-state index contributed by atoms with van der Waals surface area (Å²) in [5, 5.41) is 0. The summed E-state index contributed by atoms with van der Waals surface area (Å²) in [6.45, 7) is 0. The van der Waals surface area contributed by atoms with E-state index in [0.29, 0.717) is 0 Å². The predicted molar refractivity (Wildman–Crippen MR) is 100 cm³/mol. The standard InChI is InChI=1S/C22H13NS/c1-2-17-11-13-18(14-12-17)15-16-23-19-7-3-5-9-21(19)24-22-10-6-4-8-20(22)23/h1,3-14H. The molecule has 0 unspecified atom stereocenters. The number of para-hydroxylation sites is 2. The lowest BCUT2D eigenvalue weighted by Gasteiger charge is -2.27. The number of fused-ring (bicyclic) bond motifs is 2. The van der Waals surface area contributed by atoms with Crippen LogP contribution >= 0.6 is 11.8 Å². The van der Waals surface area contributed by atoms with Crippen molar-refractivity contribution in [1.82, 2.24) is 0 Å². The molecule has 0 fully saturated rings. The Balaban J connectivity index is 1.78. The molecule has 0 bridgehead atoms. The van der Waals surface area contributed by atoms with E-state index < -0.39 is 0 Å². The van der Waals surface area contributed by atoms with Crippen LogP contribution in [0.5, 0.6) is 0 Å². The quantitative estimate of drug-likeness (QED) is 0.518. The van der Waals surface area contributed by atoms with Crippen LogP contribution in [-0.2, 0) is 0 Å². The first-order chi connectivity index (χ1) is 11.8. The van der Waals surface area contributed by atoms with E-state index in [1.807, 2.05) is 36.4 Å². The Morgan fingerprint density at radius 3 is 1.83 bits per heavy atom. The molecule has 1 nitrogen and oxygen atoms in total. The number of terminal acetylenes is 1. The normalized spacial score (nSPS) is 11.5. The monoisotopic (exact) mass is 323 g/mol. The Bertz CT molecular complexity index is 955. The van der Waals surface area contributed by atoms with Gasteiger partial charge in [-0.15, -0.1) is 6.42 Å². The number of hydrogen-bond donors (Lipinski definition) is 0. The number of hydrogen-bond acceptors (Lipinski definition) is 2. The Kier molecular flexibility index (Phi) is 3.75. The van der Waals surface area contributed by atoms with Crippen LogP contribution in [0.3, 0.4) is 0 Å². The molecule has 1 aliphatic rings. The Morgan fingerprint density at radius 1 is 0.708 bits per heavy atom. The highest BCUT2D eigenvalue weighted by molar-refractivity contribution is 7.99. The molecule has 0 atom stereocenters. The van der Waals surface area contributed by atoms with Gasteiger partial charge < -0.3 is 0 Å². The lowest BCUT2D eigenvalue weighted by atomic mass is 10.1. The Labute approximate surface area is 146 Å². The van der Waals surface area contributed by atoms with Crippen LogP contribution in [0.2, 0.25) is 0 Å². The fourth-order valence-electron chi connectivity index (χ4n) is 2.60. The van der Waals surface area contributed by atoms with Crippen LogP contribution in [-0.4, -0.2) is 0 Å². The first-order valence-electron chi connectivity index (χ1n) is 7.59. The summed E-state index contributed by atoms with van der Waals surface area (Å²) in [5.41, 5.74) is 4.05. The van der Waals surface area contributed by atoms with Gasteiger partial charge in [0.05, 0.1) is 11.4 Å². The van der Waals surface area contributed by atoms with Gasteiger partial charge in [-0.25, -0.2) is 0 Å². The maximum absolute atomic E-state index is 5.40. The molecule has 2 heteroatoms. The molecule has 0 saturated heterocycles. The van der Waals surface area contributed by atoms with Crippen LogP contribution in [0.4, 0.5) is 11.4 Å². The summed E-state index contributed by atoms with van der Waals surface area (Å²) in [7, 11) is 0. The molecule has 0 radical (unpaired) electrons. The van der Waals surface area contributed by atoms with Crippen LogP contribution in [0.25, 0.3) is 0 Å². The fraction of sp³-hybridized carbons (Fsp3) is 0. The minimum atomic E-state index is 0.866. The van der Waals surface area contributed by atoms with Gasteiger partial charge in [0, 0.05) is 27.0 Å². The minimum absolute atomic E-state index is 0.866.